The van der Waals surface area contributed by atoms with Crippen LogP contribution in [0.15, 0.2) is 157 Å². The van der Waals surface area contributed by atoms with Crippen LogP contribution in [0.5, 0.6) is 16.7 Å². The molecule has 0 fully saturated rings. The molecule has 390 valence electrons. The molecule has 0 N–H and O–H groups in total. The normalized spacial score (nSPS) is 11.5. The zero-order chi connectivity index (χ0) is 54.3. The van der Waals surface area contributed by atoms with Crippen molar-refractivity contribution in [2.45, 2.75) is 81.3 Å². The van der Waals surface area contributed by atoms with Crippen LogP contribution in [0.2, 0.25) is 0 Å². The molecule has 0 aliphatic heterocycles. The molecule has 0 bridgehead atoms. The van der Waals surface area contributed by atoms with E-state index in [1.165, 1.54) is 11.3 Å². The molecule has 0 spiro atoms. The Kier molecular flexibility index (Phi) is 17.1. The number of carbonyl (C=O) groups is 2. The largest absolute Gasteiger partial charge is 0.496 e. The number of nitrogens with zero attached hydrogens (tertiary/aromatic N) is 5. The minimum absolute atomic E-state index is 0.0450. The second-order valence-corrected chi connectivity index (χ2v) is 23.4. The van der Waals surface area contributed by atoms with Gasteiger partial charge >= 0.3 is 0 Å². The van der Waals surface area contributed by atoms with Gasteiger partial charge in [0.2, 0.25) is 11.8 Å². The first-order chi connectivity index (χ1) is 36.3. The molecule has 0 radical (unpaired) electrons. The number of benzene rings is 6. The van der Waals surface area contributed by atoms with Crippen LogP contribution in [-0.2, 0) is 22.7 Å². The minimum atomic E-state index is -0.158. The number of pyridine rings is 2. The predicted octanol–water partition coefficient (Wildman–Crippen LogP) is 16.3. The van der Waals surface area contributed by atoms with Crippen LogP contribution in [0.25, 0.3) is 54.2 Å². The van der Waals surface area contributed by atoms with Crippen molar-refractivity contribution < 1.29 is 23.8 Å². The zero-order valence-electron chi connectivity index (χ0n) is 45.3. The molecule has 6 aromatic carbocycles. The molecule has 0 saturated carbocycles. The summed E-state index contributed by atoms with van der Waals surface area (Å²) in [5.41, 5.74) is 9.54. The van der Waals surface area contributed by atoms with Crippen molar-refractivity contribution in [3.8, 4) is 49.4 Å². The SMILES string of the molecule is COc1ccc(-c2ccc(CN(C(=O)CC(C)(C)C)c3nccc4cc(Br)ccc34)cc2)cc1C.COc1ncc(-c2ccc3c(N(Cc4ccc(-c5ccc(OC)c(C)c5)cc4)C(=O)CC(C)(C)C)nccc3c2)s1. The van der Waals surface area contributed by atoms with Crippen LogP contribution >= 0.6 is 27.3 Å². The number of hydrogen-bond acceptors (Lipinski definition) is 9. The molecule has 0 aliphatic carbocycles. The molecular formula is C64H66BrN5O5S. The lowest BCUT2D eigenvalue weighted by Gasteiger charge is -2.27. The second kappa shape index (κ2) is 23.6. The Balaban J connectivity index is 0.000000204. The minimum Gasteiger partial charge on any atom is -0.496 e. The average Bonchev–Trinajstić information content (AvgIpc) is 3.88. The highest BCUT2D eigenvalue weighted by molar-refractivity contribution is 9.10. The average molecular weight is 1100 g/mol. The van der Waals surface area contributed by atoms with Gasteiger partial charge in [-0.1, -0.05) is 142 Å². The maximum Gasteiger partial charge on any atom is 0.273 e. The van der Waals surface area contributed by atoms with E-state index in [2.05, 4.69) is 158 Å². The fourth-order valence-electron chi connectivity index (χ4n) is 9.11. The third-order valence-electron chi connectivity index (χ3n) is 12.9. The van der Waals surface area contributed by atoms with Gasteiger partial charge < -0.3 is 14.2 Å². The van der Waals surface area contributed by atoms with Crippen molar-refractivity contribution in [1.29, 1.82) is 0 Å². The van der Waals surface area contributed by atoms with E-state index in [-0.39, 0.29) is 22.6 Å². The Hall–Kier alpha value is -7.41. The van der Waals surface area contributed by atoms with Gasteiger partial charge in [0.1, 0.15) is 23.1 Å². The summed E-state index contributed by atoms with van der Waals surface area (Å²) in [7, 11) is 5.00. The number of aryl methyl sites for hydroxylation is 2. The molecule has 3 heterocycles. The van der Waals surface area contributed by atoms with Crippen LogP contribution < -0.4 is 24.0 Å². The van der Waals surface area contributed by atoms with Gasteiger partial charge in [0.25, 0.3) is 5.19 Å². The van der Waals surface area contributed by atoms with Crippen molar-refractivity contribution in [3.63, 3.8) is 0 Å². The summed E-state index contributed by atoms with van der Waals surface area (Å²) >= 11 is 5.05. The van der Waals surface area contributed by atoms with Crippen LogP contribution in [0, 0.1) is 24.7 Å². The van der Waals surface area contributed by atoms with E-state index in [0.29, 0.717) is 42.8 Å². The third kappa shape index (κ3) is 13.5. The fraction of sp³-hybridized carbons (Fsp3) is 0.266. The highest BCUT2D eigenvalue weighted by atomic mass is 79.9. The number of hydrogen-bond donors (Lipinski definition) is 0. The molecule has 0 saturated heterocycles. The molecule has 12 heteroatoms. The van der Waals surface area contributed by atoms with E-state index in [9.17, 15) is 9.59 Å². The van der Waals surface area contributed by atoms with Gasteiger partial charge in [-0.25, -0.2) is 15.0 Å². The van der Waals surface area contributed by atoms with Gasteiger partial charge in [0, 0.05) is 46.7 Å². The summed E-state index contributed by atoms with van der Waals surface area (Å²) in [5.74, 6) is 3.23. The van der Waals surface area contributed by atoms with E-state index in [1.54, 1.807) is 33.7 Å². The summed E-state index contributed by atoms with van der Waals surface area (Å²) in [6.07, 6.45) is 6.22. The van der Waals surface area contributed by atoms with Crippen LogP contribution in [-0.4, -0.2) is 48.1 Å². The highest BCUT2D eigenvalue weighted by Crippen LogP contribution is 2.37. The van der Waals surface area contributed by atoms with Crippen molar-refractivity contribution in [1.82, 2.24) is 15.0 Å². The number of halogens is 1. The van der Waals surface area contributed by atoms with Crippen LogP contribution in [0.1, 0.15) is 76.6 Å². The van der Waals surface area contributed by atoms with Crippen molar-refractivity contribution in [2.75, 3.05) is 31.1 Å². The van der Waals surface area contributed by atoms with Gasteiger partial charge in [0.05, 0.1) is 39.3 Å². The number of fused-ring (bicyclic) bond motifs is 2. The van der Waals surface area contributed by atoms with Gasteiger partial charge in [-0.2, -0.15) is 0 Å². The van der Waals surface area contributed by atoms with E-state index in [4.69, 9.17) is 19.2 Å². The van der Waals surface area contributed by atoms with Gasteiger partial charge in [-0.3, -0.25) is 19.4 Å². The maximum absolute atomic E-state index is 13.8. The lowest BCUT2D eigenvalue weighted by atomic mass is 9.91. The molecule has 3 aromatic heterocycles. The predicted molar refractivity (Wildman–Crippen MR) is 316 cm³/mol. The van der Waals surface area contributed by atoms with Crippen molar-refractivity contribution in [2.24, 2.45) is 10.8 Å². The second-order valence-electron chi connectivity index (χ2n) is 21.5. The van der Waals surface area contributed by atoms with E-state index in [1.807, 2.05) is 72.3 Å². The number of ether oxygens (including phenoxy) is 3. The van der Waals surface area contributed by atoms with E-state index >= 15 is 0 Å². The summed E-state index contributed by atoms with van der Waals surface area (Å²) in [4.78, 5) is 45.7. The quantitative estimate of drug-likeness (QED) is 0.106. The number of anilines is 2. The lowest BCUT2D eigenvalue weighted by Crippen LogP contribution is -2.34. The highest BCUT2D eigenvalue weighted by Gasteiger charge is 2.27. The van der Waals surface area contributed by atoms with Gasteiger partial charge in [-0.05, 0) is 146 Å². The first-order valence-electron chi connectivity index (χ1n) is 25.3. The maximum atomic E-state index is 13.8. The Morgan fingerprint density at radius 2 is 0.947 bits per heavy atom. The molecule has 9 aromatic rings. The molecule has 76 heavy (non-hydrogen) atoms. The molecule has 9 rings (SSSR count). The number of carbonyl (C=O) groups excluding carboxylic acids is 2. The molecule has 2 amide bonds. The van der Waals surface area contributed by atoms with E-state index in [0.717, 1.165) is 92.5 Å². The number of methoxy groups -OCH3 is 3. The number of amides is 2. The zero-order valence-corrected chi connectivity index (χ0v) is 47.7. The molecular weight excluding hydrogens is 1030 g/mol. The Morgan fingerprint density at radius 3 is 1.37 bits per heavy atom. The molecule has 0 unspecified atom stereocenters. The Labute approximate surface area is 459 Å². The molecule has 0 aliphatic rings. The standard InChI is InChI=1S/C34H35N3O3S.C30H31BrN2O2/c1-22-17-25(12-14-29(22)39-5)24-9-7-23(8-10-24)21-37(31(38)19-34(2,3)4)32-28-13-11-27(18-26(28)15-16-35-32)30-20-36-33(40-6)41-30;1-20-16-23(10-13-27(20)35-5)22-8-6-21(7-9-22)19-33(28(34)18-30(2,3)4)29-26-12-11-25(31)17-24(26)14-15-32-29/h7-18,20H,19,21H2,1-6H3;6-17H,18-19H2,1-5H3. The third-order valence-corrected chi connectivity index (χ3v) is 14.4. The number of rotatable bonds is 14. The summed E-state index contributed by atoms with van der Waals surface area (Å²) in [5, 5.41) is 4.58. The summed E-state index contributed by atoms with van der Waals surface area (Å²) in [6, 6.07) is 45.4. The first-order valence-corrected chi connectivity index (χ1v) is 26.9. The molecule has 10 nitrogen and oxygen atoms in total. The number of thiazole rings is 1. The molecule has 0 atom stereocenters. The first kappa shape index (κ1) is 54.8. The Morgan fingerprint density at radius 1 is 0.513 bits per heavy atom. The van der Waals surface area contributed by atoms with Crippen LogP contribution in [0.3, 0.4) is 0 Å². The summed E-state index contributed by atoms with van der Waals surface area (Å²) in [6.45, 7) is 17.5. The topological polar surface area (TPSA) is 107 Å². The summed E-state index contributed by atoms with van der Waals surface area (Å²) < 4.78 is 17.1. The fourth-order valence-corrected chi connectivity index (χ4v) is 10.2. The van der Waals surface area contributed by atoms with Crippen molar-refractivity contribution in [3.05, 3.63) is 179 Å². The number of aromatic nitrogens is 3. The Bertz CT molecular complexity index is 3510. The monoisotopic (exact) mass is 1100 g/mol. The smallest absolute Gasteiger partial charge is 0.273 e. The van der Waals surface area contributed by atoms with Gasteiger partial charge in [-0.15, -0.1) is 0 Å². The van der Waals surface area contributed by atoms with E-state index < -0.39 is 0 Å². The van der Waals surface area contributed by atoms with Crippen molar-refractivity contribution >= 4 is 72.3 Å². The van der Waals surface area contributed by atoms with Gasteiger partial charge in [0.15, 0.2) is 0 Å². The van der Waals surface area contributed by atoms with Crippen LogP contribution in [0.4, 0.5) is 11.6 Å². The lowest BCUT2D eigenvalue weighted by molar-refractivity contribution is -0.121.